The van der Waals surface area contributed by atoms with E-state index in [1.807, 2.05) is 17.9 Å². The molecule has 0 spiro atoms. The summed E-state index contributed by atoms with van der Waals surface area (Å²) >= 11 is 0. The van der Waals surface area contributed by atoms with Crippen LogP contribution in [0.2, 0.25) is 0 Å². The molecule has 2 heterocycles. The topological polar surface area (TPSA) is 29.9 Å². The van der Waals surface area contributed by atoms with Gasteiger partial charge in [0, 0.05) is 19.3 Å². The molecule has 3 nitrogen and oxygen atoms in total. The predicted octanol–water partition coefficient (Wildman–Crippen LogP) is 1.35. The van der Waals surface area contributed by atoms with Gasteiger partial charge in [-0.1, -0.05) is 0 Å². The SMILES string of the molecule is CC1CC(Cc2ccn(C)n2)CCN1. The van der Waals surface area contributed by atoms with E-state index in [-0.39, 0.29) is 0 Å². The lowest BCUT2D eigenvalue weighted by Gasteiger charge is -2.27. The van der Waals surface area contributed by atoms with Crippen LogP contribution in [0, 0.1) is 5.92 Å². The molecule has 1 fully saturated rings. The van der Waals surface area contributed by atoms with E-state index >= 15 is 0 Å². The molecule has 3 heteroatoms. The summed E-state index contributed by atoms with van der Waals surface area (Å²) in [5.41, 5.74) is 1.24. The van der Waals surface area contributed by atoms with Gasteiger partial charge in [-0.25, -0.2) is 0 Å². The zero-order chi connectivity index (χ0) is 9.97. The largest absolute Gasteiger partial charge is 0.314 e. The third-order valence-corrected chi connectivity index (χ3v) is 3.00. The number of aromatic nitrogens is 2. The van der Waals surface area contributed by atoms with Crippen molar-refractivity contribution in [1.82, 2.24) is 15.1 Å². The Kier molecular flexibility index (Phi) is 2.87. The number of hydrogen-bond donors (Lipinski definition) is 1. The number of nitrogens with one attached hydrogen (secondary N) is 1. The number of aryl methyl sites for hydroxylation is 1. The average Bonchev–Trinajstić information content (AvgIpc) is 2.51. The van der Waals surface area contributed by atoms with Gasteiger partial charge in [-0.15, -0.1) is 0 Å². The van der Waals surface area contributed by atoms with Gasteiger partial charge in [0.1, 0.15) is 0 Å². The van der Waals surface area contributed by atoms with Crippen LogP contribution in [0.5, 0.6) is 0 Å². The molecule has 0 bridgehead atoms. The van der Waals surface area contributed by atoms with Crippen molar-refractivity contribution in [2.75, 3.05) is 6.54 Å². The molecule has 14 heavy (non-hydrogen) atoms. The summed E-state index contributed by atoms with van der Waals surface area (Å²) in [6.45, 7) is 3.43. The van der Waals surface area contributed by atoms with E-state index in [0.717, 1.165) is 12.3 Å². The molecule has 1 aliphatic heterocycles. The van der Waals surface area contributed by atoms with Gasteiger partial charge >= 0.3 is 0 Å². The normalized spacial score (nSPS) is 27.9. The van der Waals surface area contributed by atoms with E-state index in [1.54, 1.807) is 0 Å². The highest BCUT2D eigenvalue weighted by Crippen LogP contribution is 2.19. The molecular weight excluding hydrogens is 174 g/mol. The number of piperidine rings is 1. The van der Waals surface area contributed by atoms with Crippen molar-refractivity contribution in [3.63, 3.8) is 0 Å². The fraction of sp³-hybridized carbons (Fsp3) is 0.727. The van der Waals surface area contributed by atoms with Crippen molar-refractivity contribution >= 4 is 0 Å². The second kappa shape index (κ2) is 4.13. The maximum absolute atomic E-state index is 4.43. The Morgan fingerprint density at radius 3 is 3.14 bits per heavy atom. The van der Waals surface area contributed by atoms with Crippen LogP contribution in [0.25, 0.3) is 0 Å². The second-order valence-corrected chi connectivity index (χ2v) is 4.43. The lowest BCUT2D eigenvalue weighted by atomic mass is 9.89. The molecule has 0 aromatic carbocycles. The predicted molar refractivity (Wildman–Crippen MR) is 57.1 cm³/mol. The molecule has 2 atom stereocenters. The van der Waals surface area contributed by atoms with Crippen LogP contribution in [0.3, 0.4) is 0 Å². The van der Waals surface area contributed by atoms with E-state index < -0.39 is 0 Å². The third kappa shape index (κ3) is 2.35. The van der Waals surface area contributed by atoms with E-state index in [9.17, 15) is 0 Å². The lowest BCUT2D eigenvalue weighted by molar-refractivity contribution is 0.312. The molecule has 1 aliphatic rings. The highest BCUT2D eigenvalue weighted by Gasteiger charge is 2.19. The van der Waals surface area contributed by atoms with Gasteiger partial charge in [0.05, 0.1) is 5.69 Å². The molecular formula is C11H19N3. The minimum Gasteiger partial charge on any atom is -0.314 e. The van der Waals surface area contributed by atoms with Crippen LogP contribution in [-0.2, 0) is 13.5 Å². The molecule has 1 aromatic heterocycles. The van der Waals surface area contributed by atoms with E-state index in [4.69, 9.17) is 0 Å². The molecule has 1 saturated heterocycles. The van der Waals surface area contributed by atoms with Crippen molar-refractivity contribution in [3.8, 4) is 0 Å². The Bertz CT molecular complexity index is 292. The summed E-state index contributed by atoms with van der Waals surface area (Å²) in [6, 6.07) is 2.81. The van der Waals surface area contributed by atoms with E-state index in [0.29, 0.717) is 6.04 Å². The Morgan fingerprint density at radius 1 is 1.64 bits per heavy atom. The van der Waals surface area contributed by atoms with Gasteiger partial charge in [0.25, 0.3) is 0 Å². The Morgan fingerprint density at radius 2 is 2.50 bits per heavy atom. The number of hydrogen-bond acceptors (Lipinski definition) is 2. The van der Waals surface area contributed by atoms with Gasteiger partial charge in [-0.3, -0.25) is 4.68 Å². The van der Waals surface area contributed by atoms with Crippen molar-refractivity contribution in [1.29, 1.82) is 0 Å². The lowest BCUT2D eigenvalue weighted by Crippen LogP contribution is -2.36. The molecule has 0 saturated carbocycles. The van der Waals surface area contributed by atoms with Gasteiger partial charge in [0.2, 0.25) is 0 Å². The summed E-state index contributed by atoms with van der Waals surface area (Å²) in [4.78, 5) is 0. The smallest absolute Gasteiger partial charge is 0.0627 e. The molecule has 78 valence electrons. The van der Waals surface area contributed by atoms with E-state index in [1.165, 1.54) is 25.1 Å². The first kappa shape index (κ1) is 9.71. The van der Waals surface area contributed by atoms with Crippen LogP contribution in [0.15, 0.2) is 12.3 Å². The minimum atomic E-state index is 0.678. The van der Waals surface area contributed by atoms with Crippen molar-refractivity contribution in [2.24, 2.45) is 13.0 Å². The first-order valence-corrected chi connectivity index (χ1v) is 5.46. The van der Waals surface area contributed by atoms with Crippen LogP contribution in [0.4, 0.5) is 0 Å². The summed E-state index contributed by atoms with van der Waals surface area (Å²) < 4.78 is 1.89. The molecule has 0 amide bonds. The van der Waals surface area contributed by atoms with Gasteiger partial charge < -0.3 is 5.32 Å². The standard InChI is InChI=1S/C11H19N3/c1-9-7-10(3-5-12-9)8-11-4-6-14(2)13-11/h4,6,9-10,12H,3,5,7-8H2,1-2H3. The maximum Gasteiger partial charge on any atom is 0.0627 e. The zero-order valence-corrected chi connectivity index (χ0v) is 9.03. The van der Waals surface area contributed by atoms with E-state index in [2.05, 4.69) is 23.4 Å². The van der Waals surface area contributed by atoms with Gasteiger partial charge in [-0.05, 0) is 44.7 Å². The Balaban J connectivity index is 1.90. The first-order valence-electron chi connectivity index (χ1n) is 5.46. The molecule has 0 radical (unpaired) electrons. The fourth-order valence-electron chi connectivity index (χ4n) is 2.29. The quantitative estimate of drug-likeness (QED) is 0.768. The second-order valence-electron chi connectivity index (χ2n) is 4.43. The summed E-state index contributed by atoms with van der Waals surface area (Å²) in [5.74, 6) is 0.821. The Labute approximate surface area is 85.5 Å². The molecule has 2 unspecified atom stereocenters. The third-order valence-electron chi connectivity index (χ3n) is 3.00. The highest BCUT2D eigenvalue weighted by atomic mass is 15.2. The Hall–Kier alpha value is -0.830. The maximum atomic E-state index is 4.43. The summed E-state index contributed by atoms with van der Waals surface area (Å²) in [7, 11) is 1.98. The zero-order valence-electron chi connectivity index (χ0n) is 9.03. The van der Waals surface area contributed by atoms with Crippen LogP contribution in [-0.4, -0.2) is 22.4 Å². The number of rotatable bonds is 2. The summed E-state index contributed by atoms with van der Waals surface area (Å²) in [5, 5.41) is 7.90. The van der Waals surface area contributed by atoms with Gasteiger partial charge in [-0.2, -0.15) is 5.10 Å². The van der Waals surface area contributed by atoms with Crippen molar-refractivity contribution in [3.05, 3.63) is 18.0 Å². The van der Waals surface area contributed by atoms with Crippen molar-refractivity contribution in [2.45, 2.75) is 32.2 Å². The minimum absolute atomic E-state index is 0.678. The fourth-order valence-corrected chi connectivity index (χ4v) is 2.29. The molecule has 0 aliphatic carbocycles. The summed E-state index contributed by atoms with van der Waals surface area (Å²) in [6.07, 6.45) is 5.75. The molecule has 1 N–H and O–H groups in total. The average molecular weight is 193 g/mol. The first-order chi connectivity index (χ1) is 6.74. The van der Waals surface area contributed by atoms with Crippen LogP contribution >= 0.6 is 0 Å². The van der Waals surface area contributed by atoms with Gasteiger partial charge in [0.15, 0.2) is 0 Å². The number of nitrogens with zero attached hydrogens (tertiary/aromatic N) is 2. The van der Waals surface area contributed by atoms with Crippen molar-refractivity contribution < 1.29 is 0 Å². The monoisotopic (exact) mass is 193 g/mol. The van der Waals surface area contributed by atoms with Crippen LogP contribution in [0.1, 0.15) is 25.5 Å². The molecule has 2 rings (SSSR count). The highest BCUT2D eigenvalue weighted by molar-refractivity contribution is 5.00. The van der Waals surface area contributed by atoms with Crippen LogP contribution < -0.4 is 5.32 Å². The molecule has 1 aromatic rings.